The number of carbonyl (C=O) groups excluding carboxylic acids is 2. The van der Waals surface area contributed by atoms with Crippen LogP contribution >= 0.6 is 11.6 Å². The van der Waals surface area contributed by atoms with Crippen LogP contribution in [0.2, 0.25) is 5.02 Å². The SMILES string of the molecule is COc1cc(OC)cc(C(=O)c2c(Cl)cccc2C=O)c1. The number of rotatable bonds is 5. The van der Waals surface area contributed by atoms with E-state index in [4.69, 9.17) is 21.1 Å². The molecule has 0 aromatic heterocycles. The van der Waals surface area contributed by atoms with E-state index in [1.54, 1.807) is 36.4 Å². The number of aldehydes is 1. The molecule has 2 aromatic carbocycles. The van der Waals surface area contributed by atoms with Crippen molar-refractivity contribution < 1.29 is 19.1 Å². The normalized spacial score (nSPS) is 10.0. The van der Waals surface area contributed by atoms with Gasteiger partial charge in [0.2, 0.25) is 0 Å². The number of ether oxygens (including phenoxy) is 2. The highest BCUT2D eigenvalue weighted by molar-refractivity contribution is 6.35. The number of carbonyl (C=O) groups is 2. The first-order valence-electron chi connectivity index (χ1n) is 6.12. The van der Waals surface area contributed by atoms with E-state index in [0.717, 1.165) is 0 Å². The lowest BCUT2D eigenvalue weighted by molar-refractivity contribution is 0.102. The van der Waals surface area contributed by atoms with Gasteiger partial charge in [0.15, 0.2) is 12.1 Å². The van der Waals surface area contributed by atoms with Gasteiger partial charge in [0.05, 0.1) is 24.8 Å². The predicted molar refractivity (Wildman–Crippen MR) is 79.8 cm³/mol. The second kappa shape index (κ2) is 6.41. The highest BCUT2D eigenvalue weighted by atomic mass is 35.5. The summed E-state index contributed by atoms with van der Waals surface area (Å²) in [5.74, 6) is 0.606. The number of hydrogen-bond acceptors (Lipinski definition) is 4. The van der Waals surface area contributed by atoms with Gasteiger partial charge in [-0.15, -0.1) is 0 Å². The third kappa shape index (κ3) is 3.06. The minimum absolute atomic E-state index is 0.171. The maximum absolute atomic E-state index is 12.6. The van der Waals surface area contributed by atoms with Gasteiger partial charge in [-0.3, -0.25) is 9.59 Å². The molecule has 5 heteroatoms. The van der Waals surface area contributed by atoms with E-state index in [1.807, 2.05) is 0 Å². The highest BCUT2D eigenvalue weighted by Gasteiger charge is 2.18. The van der Waals surface area contributed by atoms with Crippen LogP contribution in [0.3, 0.4) is 0 Å². The Bertz CT molecular complexity index is 672. The number of benzene rings is 2. The molecule has 0 radical (unpaired) electrons. The van der Waals surface area contributed by atoms with Crippen LogP contribution in [0.1, 0.15) is 26.3 Å². The topological polar surface area (TPSA) is 52.6 Å². The second-order valence-corrected chi connectivity index (χ2v) is 4.66. The molecule has 0 unspecified atom stereocenters. The van der Waals surface area contributed by atoms with Crippen molar-refractivity contribution in [2.24, 2.45) is 0 Å². The standard InChI is InChI=1S/C16H13ClO4/c1-20-12-6-11(7-13(8-12)21-2)16(19)15-10(9-18)4-3-5-14(15)17/h3-9H,1-2H3. The lowest BCUT2D eigenvalue weighted by Gasteiger charge is -2.10. The summed E-state index contributed by atoms with van der Waals surface area (Å²) in [7, 11) is 2.99. The molecule has 0 fully saturated rings. The smallest absolute Gasteiger partial charge is 0.195 e. The van der Waals surface area contributed by atoms with Crippen molar-refractivity contribution in [1.82, 2.24) is 0 Å². The lowest BCUT2D eigenvalue weighted by atomic mass is 9.98. The van der Waals surface area contributed by atoms with Crippen molar-refractivity contribution in [2.45, 2.75) is 0 Å². The maximum Gasteiger partial charge on any atom is 0.195 e. The van der Waals surface area contributed by atoms with Crippen molar-refractivity contribution in [3.8, 4) is 11.5 Å². The van der Waals surface area contributed by atoms with Crippen LogP contribution in [0.15, 0.2) is 36.4 Å². The summed E-state index contributed by atoms with van der Waals surface area (Å²) in [6.45, 7) is 0. The average molecular weight is 305 g/mol. The van der Waals surface area contributed by atoms with Crippen LogP contribution in [0.4, 0.5) is 0 Å². The molecule has 2 aromatic rings. The predicted octanol–water partition coefficient (Wildman–Crippen LogP) is 3.40. The summed E-state index contributed by atoms with van der Waals surface area (Å²) in [5.41, 5.74) is 0.751. The molecule has 0 saturated heterocycles. The Kier molecular flexibility index (Phi) is 4.60. The van der Waals surface area contributed by atoms with E-state index in [0.29, 0.717) is 23.3 Å². The molecule has 0 amide bonds. The maximum atomic E-state index is 12.6. The second-order valence-electron chi connectivity index (χ2n) is 4.25. The molecule has 108 valence electrons. The lowest BCUT2D eigenvalue weighted by Crippen LogP contribution is -2.07. The Morgan fingerprint density at radius 1 is 1.10 bits per heavy atom. The van der Waals surface area contributed by atoms with Gasteiger partial charge in [-0.25, -0.2) is 0 Å². The summed E-state index contributed by atoms with van der Waals surface area (Å²) < 4.78 is 10.3. The molecule has 0 heterocycles. The van der Waals surface area contributed by atoms with Crippen molar-refractivity contribution >= 4 is 23.7 Å². The zero-order valence-corrected chi connectivity index (χ0v) is 12.3. The van der Waals surface area contributed by atoms with Crippen molar-refractivity contribution in [3.05, 3.63) is 58.1 Å². The molecule has 0 bridgehead atoms. The zero-order chi connectivity index (χ0) is 15.4. The van der Waals surface area contributed by atoms with Crippen molar-refractivity contribution in [3.63, 3.8) is 0 Å². The Balaban J connectivity index is 2.57. The molecular formula is C16H13ClO4. The summed E-state index contributed by atoms with van der Waals surface area (Å²) in [4.78, 5) is 23.7. The number of ketones is 1. The fraction of sp³-hybridized carbons (Fsp3) is 0.125. The van der Waals surface area contributed by atoms with Gasteiger partial charge in [-0.05, 0) is 18.2 Å². The molecule has 21 heavy (non-hydrogen) atoms. The molecule has 0 aliphatic heterocycles. The third-order valence-corrected chi connectivity index (χ3v) is 3.33. The van der Waals surface area contributed by atoms with Gasteiger partial charge in [0.25, 0.3) is 0 Å². The van der Waals surface area contributed by atoms with Gasteiger partial charge in [0, 0.05) is 17.2 Å². The quantitative estimate of drug-likeness (QED) is 0.627. The van der Waals surface area contributed by atoms with Crippen LogP contribution < -0.4 is 9.47 Å². The monoisotopic (exact) mass is 304 g/mol. The first kappa shape index (κ1) is 15.1. The molecule has 0 aliphatic carbocycles. The summed E-state index contributed by atoms with van der Waals surface area (Å²) in [5, 5.41) is 0.228. The van der Waals surface area contributed by atoms with E-state index in [9.17, 15) is 9.59 Å². The van der Waals surface area contributed by atoms with Gasteiger partial charge in [0.1, 0.15) is 11.5 Å². The van der Waals surface area contributed by atoms with Gasteiger partial charge in [-0.2, -0.15) is 0 Å². The minimum atomic E-state index is -0.361. The molecule has 0 atom stereocenters. The Labute approximate surface area is 127 Å². The molecule has 0 aliphatic rings. The largest absolute Gasteiger partial charge is 0.497 e. The van der Waals surface area contributed by atoms with Gasteiger partial charge in [-0.1, -0.05) is 23.7 Å². The van der Waals surface area contributed by atoms with Gasteiger partial charge >= 0.3 is 0 Å². The van der Waals surface area contributed by atoms with E-state index in [1.165, 1.54) is 14.2 Å². The van der Waals surface area contributed by atoms with Crippen molar-refractivity contribution in [1.29, 1.82) is 0 Å². The Hall–Kier alpha value is -2.33. The fourth-order valence-electron chi connectivity index (χ4n) is 1.96. The summed E-state index contributed by atoms with van der Waals surface area (Å²) in [6, 6.07) is 9.53. The molecular weight excluding hydrogens is 292 g/mol. The molecule has 4 nitrogen and oxygen atoms in total. The average Bonchev–Trinajstić information content (AvgIpc) is 2.53. The fourth-order valence-corrected chi connectivity index (χ4v) is 2.23. The van der Waals surface area contributed by atoms with Crippen LogP contribution in [0, 0.1) is 0 Å². The van der Waals surface area contributed by atoms with E-state index >= 15 is 0 Å². The molecule has 0 spiro atoms. The minimum Gasteiger partial charge on any atom is -0.497 e. The Morgan fingerprint density at radius 2 is 1.71 bits per heavy atom. The van der Waals surface area contributed by atoms with E-state index in [-0.39, 0.29) is 21.9 Å². The van der Waals surface area contributed by atoms with Crippen LogP contribution in [0.25, 0.3) is 0 Å². The highest BCUT2D eigenvalue weighted by Crippen LogP contribution is 2.27. The number of halogens is 1. The summed E-state index contributed by atoms with van der Waals surface area (Å²) >= 11 is 6.06. The molecule has 2 rings (SSSR count). The van der Waals surface area contributed by atoms with Crippen LogP contribution in [-0.2, 0) is 0 Å². The number of methoxy groups -OCH3 is 2. The first-order chi connectivity index (χ1) is 10.1. The van der Waals surface area contributed by atoms with Crippen molar-refractivity contribution in [2.75, 3.05) is 14.2 Å². The van der Waals surface area contributed by atoms with Gasteiger partial charge < -0.3 is 9.47 Å². The summed E-state index contributed by atoms with van der Waals surface area (Å²) in [6.07, 6.45) is 0.608. The molecule has 0 saturated carbocycles. The Morgan fingerprint density at radius 3 is 2.24 bits per heavy atom. The zero-order valence-electron chi connectivity index (χ0n) is 11.6. The van der Waals surface area contributed by atoms with Crippen LogP contribution in [0.5, 0.6) is 11.5 Å². The van der Waals surface area contributed by atoms with E-state index < -0.39 is 0 Å². The van der Waals surface area contributed by atoms with E-state index in [2.05, 4.69) is 0 Å². The number of hydrogen-bond donors (Lipinski definition) is 0. The molecule has 0 N–H and O–H groups in total. The van der Waals surface area contributed by atoms with Crippen LogP contribution in [-0.4, -0.2) is 26.3 Å². The third-order valence-electron chi connectivity index (χ3n) is 3.01. The first-order valence-corrected chi connectivity index (χ1v) is 6.50.